The molecular formula is C18H25N5O3. The molecule has 1 aromatic rings. The predicted octanol–water partition coefficient (Wildman–Crippen LogP) is 0.0268. The lowest BCUT2D eigenvalue weighted by Crippen LogP contribution is -2.61. The summed E-state index contributed by atoms with van der Waals surface area (Å²) in [6.45, 7) is 6.20. The van der Waals surface area contributed by atoms with Crippen LogP contribution in [0.4, 0.5) is 0 Å². The molecule has 140 valence electrons. The number of carbonyl (C=O) groups is 3. The third kappa shape index (κ3) is 3.08. The van der Waals surface area contributed by atoms with Gasteiger partial charge in [-0.15, -0.1) is 0 Å². The Balaban J connectivity index is 1.34. The normalized spacial score (nSPS) is 25.8. The second kappa shape index (κ2) is 6.41. The third-order valence-corrected chi connectivity index (χ3v) is 5.63. The van der Waals surface area contributed by atoms with E-state index < -0.39 is 0 Å². The first-order valence-electron chi connectivity index (χ1n) is 9.32. The van der Waals surface area contributed by atoms with Crippen LogP contribution in [0.5, 0.6) is 0 Å². The van der Waals surface area contributed by atoms with E-state index in [0.29, 0.717) is 37.7 Å². The zero-order chi connectivity index (χ0) is 18.4. The van der Waals surface area contributed by atoms with Crippen LogP contribution >= 0.6 is 0 Å². The topological polar surface area (TPSA) is 87.5 Å². The minimum atomic E-state index is -0.119. The third-order valence-electron chi connectivity index (χ3n) is 5.63. The van der Waals surface area contributed by atoms with Gasteiger partial charge in [-0.25, -0.2) is 4.98 Å². The van der Waals surface area contributed by atoms with Crippen LogP contribution in [-0.2, 0) is 22.6 Å². The summed E-state index contributed by atoms with van der Waals surface area (Å²) < 4.78 is 2.09. The van der Waals surface area contributed by atoms with Crippen molar-refractivity contribution >= 4 is 17.7 Å². The van der Waals surface area contributed by atoms with Crippen LogP contribution in [0.15, 0.2) is 6.20 Å². The molecule has 1 N–H and O–H groups in total. The Morgan fingerprint density at radius 2 is 2.00 bits per heavy atom. The molecule has 0 spiro atoms. The summed E-state index contributed by atoms with van der Waals surface area (Å²) in [7, 11) is 0. The van der Waals surface area contributed by atoms with Crippen molar-refractivity contribution in [1.82, 2.24) is 24.7 Å². The molecule has 26 heavy (non-hydrogen) atoms. The van der Waals surface area contributed by atoms with E-state index in [1.165, 1.54) is 6.92 Å². The second-order valence-electron chi connectivity index (χ2n) is 7.85. The molecule has 8 heteroatoms. The van der Waals surface area contributed by atoms with Crippen LogP contribution < -0.4 is 5.32 Å². The molecule has 0 saturated carbocycles. The minimum Gasteiger partial charge on any atom is -0.351 e. The van der Waals surface area contributed by atoms with E-state index in [0.717, 1.165) is 25.2 Å². The summed E-state index contributed by atoms with van der Waals surface area (Å²) in [4.78, 5) is 44.1. The lowest BCUT2D eigenvalue weighted by molar-refractivity contribution is -0.132. The van der Waals surface area contributed by atoms with Gasteiger partial charge in [-0.2, -0.15) is 0 Å². The molecule has 3 aliphatic rings. The maximum absolute atomic E-state index is 12.7. The van der Waals surface area contributed by atoms with Crippen molar-refractivity contribution in [1.29, 1.82) is 0 Å². The average Bonchev–Trinajstić information content (AvgIpc) is 3.08. The summed E-state index contributed by atoms with van der Waals surface area (Å²) in [5, 5.41) is 2.80. The molecule has 2 atom stereocenters. The number of hydrogen-bond acceptors (Lipinski definition) is 4. The number of rotatable bonds is 3. The number of likely N-dealkylation sites (tertiary alicyclic amines) is 2. The molecule has 2 saturated heterocycles. The molecular weight excluding hydrogens is 334 g/mol. The second-order valence-corrected chi connectivity index (χ2v) is 7.85. The fourth-order valence-electron chi connectivity index (χ4n) is 4.14. The number of nitrogens with one attached hydrogen (secondary N) is 1. The maximum atomic E-state index is 12.7. The quantitative estimate of drug-likeness (QED) is 0.825. The zero-order valence-electron chi connectivity index (χ0n) is 15.3. The van der Waals surface area contributed by atoms with Gasteiger partial charge in [-0.05, 0) is 12.3 Å². The highest BCUT2D eigenvalue weighted by atomic mass is 16.2. The first-order valence-corrected chi connectivity index (χ1v) is 9.32. The lowest BCUT2D eigenvalue weighted by atomic mass is 10.0. The molecule has 4 rings (SSSR count). The Kier molecular flexibility index (Phi) is 4.20. The minimum absolute atomic E-state index is 0.0440. The number of aryl methyl sites for hydroxylation is 1. The van der Waals surface area contributed by atoms with E-state index in [9.17, 15) is 14.4 Å². The van der Waals surface area contributed by atoms with Crippen LogP contribution in [0.25, 0.3) is 0 Å². The van der Waals surface area contributed by atoms with Crippen molar-refractivity contribution in [2.45, 2.75) is 51.7 Å². The van der Waals surface area contributed by atoms with Crippen molar-refractivity contribution in [2.75, 3.05) is 19.6 Å². The van der Waals surface area contributed by atoms with Crippen LogP contribution in [0.2, 0.25) is 0 Å². The number of imidazole rings is 1. The average molecular weight is 359 g/mol. The molecule has 2 unspecified atom stereocenters. The molecule has 0 radical (unpaired) electrons. The molecule has 8 nitrogen and oxygen atoms in total. The fraction of sp³-hybridized carbons (Fsp3) is 0.667. The van der Waals surface area contributed by atoms with E-state index in [2.05, 4.69) is 21.8 Å². The first kappa shape index (κ1) is 17.1. The van der Waals surface area contributed by atoms with Crippen molar-refractivity contribution in [3.63, 3.8) is 0 Å². The monoisotopic (exact) mass is 359 g/mol. The molecule has 4 heterocycles. The number of fused-ring (bicyclic) bond motifs is 1. The van der Waals surface area contributed by atoms with Crippen molar-refractivity contribution in [2.24, 2.45) is 5.92 Å². The molecule has 3 aliphatic heterocycles. The van der Waals surface area contributed by atoms with Crippen LogP contribution in [-0.4, -0.2) is 68.8 Å². The Bertz CT molecular complexity index is 752. The zero-order valence-corrected chi connectivity index (χ0v) is 15.3. The molecule has 0 aromatic carbocycles. The van der Waals surface area contributed by atoms with E-state index in [-0.39, 0.29) is 29.8 Å². The summed E-state index contributed by atoms with van der Waals surface area (Å²) in [5.74, 6) is 1.48. The number of nitrogens with zero attached hydrogens (tertiary/aromatic N) is 4. The SMILES string of the molecule is CC(=O)NC1CC(=O)N(C2CN(C(=O)c3cn4c(n3)CC(C)CC4)C2)C1. The van der Waals surface area contributed by atoms with Gasteiger partial charge in [-0.1, -0.05) is 6.92 Å². The predicted molar refractivity (Wildman–Crippen MR) is 93.3 cm³/mol. The van der Waals surface area contributed by atoms with Gasteiger partial charge in [0.1, 0.15) is 11.5 Å². The summed E-state index contributed by atoms with van der Waals surface area (Å²) in [5.41, 5.74) is 0.511. The van der Waals surface area contributed by atoms with Crippen molar-refractivity contribution < 1.29 is 14.4 Å². The van der Waals surface area contributed by atoms with E-state index in [1.54, 1.807) is 9.80 Å². The molecule has 2 fully saturated rings. The number of hydrogen-bond donors (Lipinski definition) is 1. The van der Waals surface area contributed by atoms with Crippen LogP contribution in [0.1, 0.15) is 43.0 Å². The van der Waals surface area contributed by atoms with Gasteiger partial charge in [0.25, 0.3) is 5.91 Å². The largest absolute Gasteiger partial charge is 0.351 e. The van der Waals surface area contributed by atoms with E-state index >= 15 is 0 Å². The number of aromatic nitrogens is 2. The van der Waals surface area contributed by atoms with Crippen LogP contribution in [0.3, 0.4) is 0 Å². The Hall–Kier alpha value is -2.38. The highest BCUT2D eigenvalue weighted by Gasteiger charge is 2.42. The smallest absolute Gasteiger partial charge is 0.274 e. The van der Waals surface area contributed by atoms with Gasteiger partial charge >= 0.3 is 0 Å². The summed E-state index contributed by atoms with van der Waals surface area (Å²) in [6, 6.07) is -0.0749. The highest BCUT2D eigenvalue weighted by Crippen LogP contribution is 2.24. The Morgan fingerprint density at radius 1 is 1.23 bits per heavy atom. The molecule has 0 aliphatic carbocycles. The molecule has 3 amide bonds. The highest BCUT2D eigenvalue weighted by molar-refractivity contribution is 5.93. The van der Waals surface area contributed by atoms with Crippen molar-refractivity contribution in [3.8, 4) is 0 Å². The van der Waals surface area contributed by atoms with Gasteiger partial charge in [0.2, 0.25) is 11.8 Å². The lowest BCUT2D eigenvalue weighted by Gasteiger charge is -2.43. The number of amides is 3. The van der Waals surface area contributed by atoms with E-state index in [1.807, 2.05) is 6.20 Å². The van der Waals surface area contributed by atoms with Crippen LogP contribution in [0, 0.1) is 5.92 Å². The molecule has 0 bridgehead atoms. The fourth-order valence-corrected chi connectivity index (χ4v) is 4.14. The van der Waals surface area contributed by atoms with Crippen molar-refractivity contribution in [3.05, 3.63) is 17.7 Å². The molecule has 1 aromatic heterocycles. The van der Waals surface area contributed by atoms with Gasteiger partial charge in [-0.3, -0.25) is 14.4 Å². The van der Waals surface area contributed by atoms with Gasteiger partial charge in [0.05, 0.1) is 12.1 Å². The Labute approximate surface area is 152 Å². The first-order chi connectivity index (χ1) is 12.4. The van der Waals surface area contributed by atoms with Gasteiger partial charge < -0.3 is 19.7 Å². The van der Waals surface area contributed by atoms with Gasteiger partial charge in [0, 0.05) is 52.1 Å². The summed E-state index contributed by atoms with van der Waals surface area (Å²) >= 11 is 0. The standard InChI is InChI=1S/C18H25N5O3/c1-11-3-4-21-10-15(20-16(21)5-11)18(26)22-8-14(9-22)23-7-13(6-17(23)25)19-12(2)24/h10-11,13-14H,3-9H2,1-2H3,(H,19,24). The summed E-state index contributed by atoms with van der Waals surface area (Å²) in [6.07, 6.45) is 4.25. The van der Waals surface area contributed by atoms with Gasteiger partial charge in [0.15, 0.2) is 0 Å². The maximum Gasteiger partial charge on any atom is 0.274 e. The Morgan fingerprint density at radius 3 is 2.73 bits per heavy atom. The number of carbonyl (C=O) groups excluding carboxylic acids is 3. The van der Waals surface area contributed by atoms with E-state index in [4.69, 9.17) is 0 Å².